The Bertz CT molecular complexity index is 1310. The van der Waals surface area contributed by atoms with Gasteiger partial charge in [-0.1, -0.05) is 30.3 Å². The molecule has 0 saturated carbocycles. The molecule has 1 fully saturated rings. The van der Waals surface area contributed by atoms with Crippen molar-refractivity contribution in [2.24, 2.45) is 0 Å². The number of nitrogens with one attached hydrogen (secondary N) is 1. The maximum absolute atomic E-state index is 13.6. The van der Waals surface area contributed by atoms with Crippen LogP contribution in [0.4, 0.5) is 5.69 Å². The predicted molar refractivity (Wildman–Crippen MR) is 144 cm³/mol. The Morgan fingerprint density at radius 1 is 0.919 bits per heavy atom. The van der Waals surface area contributed by atoms with Gasteiger partial charge in [0.15, 0.2) is 0 Å². The second-order valence-electron chi connectivity index (χ2n) is 9.01. The summed E-state index contributed by atoms with van der Waals surface area (Å²) in [5, 5.41) is 0. The van der Waals surface area contributed by atoms with E-state index in [1.54, 1.807) is 31.1 Å². The van der Waals surface area contributed by atoms with Crippen LogP contribution in [0.15, 0.2) is 77.7 Å². The molecule has 196 valence electrons. The summed E-state index contributed by atoms with van der Waals surface area (Å²) in [5.41, 5.74) is 2.64. The first-order chi connectivity index (χ1) is 17.8. The van der Waals surface area contributed by atoms with Crippen molar-refractivity contribution >= 4 is 21.6 Å². The van der Waals surface area contributed by atoms with Crippen LogP contribution in [-0.2, 0) is 21.2 Å². The summed E-state index contributed by atoms with van der Waals surface area (Å²) in [6, 6.07) is 21.0. The lowest BCUT2D eigenvalue weighted by Gasteiger charge is -2.37. The molecule has 1 amide bonds. The van der Waals surface area contributed by atoms with E-state index in [-0.39, 0.29) is 17.2 Å². The molecule has 1 N–H and O–H groups in total. The highest BCUT2D eigenvalue weighted by Crippen LogP contribution is 2.23. The van der Waals surface area contributed by atoms with Crippen molar-refractivity contribution in [2.45, 2.75) is 24.3 Å². The first kappa shape index (κ1) is 26.5. The monoisotopic (exact) mass is 523 g/mol. The molecular formula is C28H33N3O5S. The van der Waals surface area contributed by atoms with E-state index in [4.69, 9.17) is 9.47 Å². The lowest BCUT2D eigenvalue weighted by atomic mass is 10.1. The highest BCUT2D eigenvalue weighted by atomic mass is 32.2. The molecule has 37 heavy (non-hydrogen) atoms. The number of rotatable bonds is 9. The standard InChI is InChI=1S/C28H33N3O5S/c1-21-19-25(13-14-27(21)36-3)37(33,34)29-26(20-22-7-5-4-6-8-22)28(32)31-17-15-30(16-18-31)23-9-11-24(35-2)12-10-23/h4-14,19,26,29H,15-18,20H2,1-3H3. The predicted octanol–water partition coefficient (Wildman–Crippen LogP) is 3.25. The average Bonchev–Trinajstić information content (AvgIpc) is 2.93. The van der Waals surface area contributed by atoms with Crippen molar-refractivity contribution in [3.05, 3.63) is 83.9 Å². The lowest BCUT2D eigenvalue weighted by Crippen LogP contribution is -2.55. The number of hydrogen-bond donors (Lipinski definition) is 1. The highest BCUT2D eigenvalue weighted by Gasteiger charge is 2.31. The number of carbonyl (C=O) groups excluding carboxylic acids is 1. The largest absolute Gasteiger partial charge is 0.497 e. The van der Waals surface area contributed by atoms with Gasteiger partial charge in [-0.25, -0.2) is 8.42 Å². The highest BCUT2D eigenvalue weighted by molar-refractivity contribution is 7.89. The van der Waals surface area contributed by atoms with Crippen molar-refractivity contribution in [1.29, 1.82) is 0 Å². The van der Waals surface area contributed by atoms with Gasteiger partial charge in [0.1, 0.15) is 17.5 Å². The molecule has 0 radical (unpaired) electrons. The van der Waals surface area contributed by atoms with Crippen LogP contribution in [0.1, 0.15) is 11.1 Å². The average molecular weight is 524 g/mol. The fourth-order valence-corrected chi connectivity index (χ4v) is 5.77. The molecular weight excluding hydrogens is 490 g/mol. The second-order valence-corrected chi connectivity index (χ2v) is 10.7. The summed E-state index contributed by atoms with van der Waals surface area (Å²) in [7, 11) is -0.773. The fraction of sp³-hybridized carbons (Fsp3) is 0.321. The maximum atomic E-state index is 13.6. The summed E-state index contributed by atoms with van der Waals surface area (Å²) >= 11 is 0. The van der Waals surface area contributed by atoms with Crippen LogP contribution in [0.2, 0.25) is 0 Å². The molecule has 1 aliphatic heterocycles. The minimum atomic E-state index is -3.95. The van der Waals surface area contributed by atoms with Gasteiger partial charge in [0, 0.05) is 31.9 Å². The van der Waals surface area contributed by atoms with E-state index in [2.05, 4.69) is 9.62 Å². The topological polar surface area (TPSA) is 88.2 Å². The van der Waals surface area contributed by atoms with Crippen molar-refractivity contribution in [2.75, 3.05) is 45.3 Å². The number of anilines is 1. The van der Waals surface area contributed by atoms with E-state index < -0.39 is 16.1 Å². The molecule has 0 spiro atoms. The Morgan fingerprint density at radius 3 is 2.19 bits per heavy atom. The van der Waals surface area contributed by atoms with E-state index >= 15 is 0 Å². The van der Waals surface area contributed by atoms with E-state index in [0.29, 0.717) is 37.5 Å². The molecule has 8 nitrogen and oxygen atoms in total. The number of amides is 1. The van der Waals surface area contributed by atoms with Crippen molar-refractivity contribution in [3.63, 3.8) is 0 Å². The molecule has 3 aromatic carbocycles. The number of hydrogen-bond acceptors (Lipinski definition) is 6. The van der Waals surface area contributed by atoms with Crippen LogP contribution in [0.3, 0.4) is 0 Å². The van der Waals surface area contributed by atoms with Crippen LogP contribution >= 0.6 is 0 Å². The zero-order valence-corrected chi connectivity index (χ0v) is 22.2. The fourth-order valence-electron chi connectivity index (χ4n) is 4.50. The van der Waals surface area contributed by atoms with Gasteiger partial charge < -0.3 is 19.3 Å². The van der Waals surface area contributed by atoms with E-state index in [1.807, 2.05) is 54.6 Å². The third-order valence-electron chi connectivity index (χ3n) is 6.58. The van der Waals surface area contributed by atoms with Gasteiger partial charge in [-0.2, -0.15) is 4.72 Å². The number of ether oxygens (including phenoxy) is 2. The number of carbonyl (C=O) groups is 1. The Balaban J connectivity index is 1.50. The number of nitrogens with zero attached hydrogens (tertiary/aromatic N) is 2. The van der Waals surface area contributed by atoms with Crippen LogP contribution in [-0.4, -0.2) is 65.7 Å². The molecule has 1 atom stereocenters. The van der Waals surface area contributed by atoms with Crippen LogP contribution in [0, 0.1) is 6.92 Å². The molecule has 0 bridgehead atoms. The number of piperazine rings is 1. The molecule has 9 heteroatoms. The van der Waals surface area contributed by atoms with Gasteiger partial charge in [0.25, 0.3) is 0 Å². The Labute approximate surface area is 218 Å². The molecule has 1 aliphatic rings. The Hall–Kier alpha value is -3.56. The third-order valence-corrected chi connectivity index (χ3v) is 8.05. The van der Waals surface area contributed by atoms with Crippen LogP contribution in [0.25, 0.3) is 0 Å². The minimum Gasteiger partial charge on any atom is -0.497 e. The smallest absolute Gasteiger partial charge is 0.241 e. The summed E-state index contributed by atoms with van der Waals surface area (Å²) in [4.78, 5) is 17.7. The van der Waals surface area contributed by atoms with Crippen LogP contribution in [0.5, 0.6) is 11.5 Å². The summed E-state index contributed by atoms with van der Waals surface area (Å²) in [6.45, 7) is 4.09. The van der Waals surface area contributed by atoms with Crippen molar-refractivity contribution in [1.82, 2.24) is 9.62 Å². The van der Waals surface area contributed by atoms with Crippen molar-refractivity contribution in [3.8, 4) is 11.5 Å². The second kappa shape index (κ2) is 11.7. The normalized spacial score (nSPS) is 14.8. The molecule has 4 rings (SSSR count). The SMILES string of the molecule is COc1ccc(N2CCN(C(=O)C(Cc3ccccc3)NS(=O)(=O)c3ccc(OC)c(C)c3)CC2)cc1. The zero-order chi connectivity index (χ0) is 26.4. The summed E-state index contributed by atoms with van der Waals surface area (Å²) in [5.74, 6) is 1.17. The number of aryl methyl sites for hydroxylation is 1. The quantitative estimate of drug-likeness (QED) is 0.463. The van der Waals surface area contributed by atoms with E-state index in [9.17, 15) is 13.2 Å². The summed E-state index contributed by atoms with van der Waals surface area (Å²) in [6.07, 6.45) is 0.257. The summed E-state index contributed by atoms with van der Waals surface area (Å²) < 4.78 is 39.8. The molecule has 1 heterocycles. The minimum absolute atomic E-state index is 0.0981. The third kappa shape index (κ3) is 6.42. The van der Waals surface area contributed by atoms with Gasteiger partial charge in [-0.05, 0) is 66.9 Å². The molecule has 3 aromatic rings. The number of benzene rings is 3. The van der Waals surface area contributed by atoms with Gasteiger partial charge in [-0.3, -0.25) is 4.79 Å². The van der Waals surface area contributed by atoms with E-state index in [0.717, 1.165) is 17.0 Å². The maximum Gasteiger partial charge on any atom is 0.241 e. The van der Waals surface area contributed by atoms with Gasteiger partial charge in [0.05, 0.1) is 19.1 Å². The number of methoxy groups -OCH3 is 2. The number of sulfonamides is 1. The molecule has 1 saturated heterocycles. The lowest BCUT2D eigenvalue weighted by molar-refractivity contribution is -0.133. The Morgan fingerprint density at radius 2 is 1.59 bits per heavy atom. The van der Waals surface area contributed by atoms with Crippen LogP contribution < -0.4 is 19.1 Å². The first-order valence-electron chi connectivity index (χ1n) is 12.2. The van der Waals surface area contributed by atoms with Gasteiger partial charge >= 0.3 is 0 Å². The molecule has 0 aliphatic carbocycles. The van der Waals surface area contributed by atoms with Gasteiger partial charge in [-0.15, -0.1) is 0 Å². The van der Waals surface area contributed by atoms with Crippen molar-refractivity contribution < 1.29 is 22.7 Å². The Kier molecular flexibility index (Phi) is 8.35. The van der Waals surface area contributed by atoms with E-state index in [1.165, 1.54) is 13.2 Å². The van der Waals surface area contributed by atoms with Gasteiger partial charge in [0.2, 0.25) is 15.9 Å². The first-order valence-corrected chi connectivity index (χ1v) is 13.7. The molecule has 0 aromatic heterocycles. The zero-order valence-electron chi connectivity index (χ0n) is 21.4. The molecule has 1 unspecified atom stereocenters.